The normalized spacial score (nSPS) is 18.4. The fraction of sp³-hybridized carbons (Fsp3) is 0.446. The minimum Gasteiger partial charge on any atom is -0.399 e. The van der Waals surface area contributed by atoms with Crippen molar-refractivity contribution in [2.24, 2.45) is 11.8 Å². The minimum atomic E-state index is -0.502. The maximum absolute atomic E-state index is 14.8. The Bertz CT molecular complexity index is 2670. The summed E-state index contributed by atoms with van der Waals surface area (Å²) in [6.45, 7) is 25.9. The van der Waals surface area contributed by atoms with Crippen LogP contribution in [0.4, 0.5) is 42.9 Å². The Morgan fingerprint density at radius 2 is 0.707 bits per heavy atom. The van der Waals surface area contributed by atoms with Gasteiger partial charge in [0.25, 0.3) is 0 Å². The van der Waals surface area contributed by atoms with Gasteiger partial charge in [0.05, 0.1) is 22.4 Å². The van der Waals surface area contributed by atoms with E-state index in [1.807, 2.05) is 24.3 Å². The summed E-state index contributed by atoms with van der Waals surface area (Å²) in [7, 11) is -1.00. The van der Waals surface area contributed by atoms with E-state index in [0.717, 1.165) is 70.7 Å². The molecule has 10 heteroatoms. The van der Waals surface area contributed by atoms with Crippen LogP contribution in [-0.4, -0.2) is 36.6 Å². The molecule has 2 fully saturated rings. The highest BCUT2D eigenvalue weighted by atomic mass is 19.1. The lowest BCUT2D eigenvalue weighted by molar-refractivity contribution is 0.00578. The van der Waals surface area contributed by atoms with Gasteiger partial charge >= 0.3 is 14.2 Å². The molecule has 0 bridgehead atoms. The first-order valence-electron chi connectivity index (χ1n) is 28.1. The van der Waals surface area contributed by atoms with Crippen molar-refractivity contribution in [1.82, 2.24) is 0 Å². The summed E-state index contributed by atoms with van der Waals surface area (Å²) in [5.74, 6) is 0.516. The lowest BCUT2D eigenvalue weighted by Gasteiger charge is -2.39. The van der Waals surface area contributed by atoms with E-state index < -0.39 is 36.6 Å². The molecule has 9 rings (SSSR count). The van der Waals surface area contributed by atoms with E-state index in [0.29, 0.717) is 11.8 Å². The van der Waals surface area contributed by atoms with Crippen LogP contribution in [0.1, 0.15) is 158 Å². The molecule has 6 aromatic carbocycles. The number of hydrogen-bond donors (Lipinski definition) is 0. The van der Waals surface area contributed by atoms with Crippen molar-refractivity contribution < 1.29 is 27.4 Å². The van der Waals surface area contributed by atoms with Crippen molar-refractivity contribution in [3.05, 3.63) is 156 Å². The molecule has 6 nitrogen and oxygen atoms in total. The van der Waals surface area contributed by atoms with Crippen LogP contribution < -0.4 is 20.7 Å². The van der Waals surface area contributed by atoms with E-state index >= 15 is 0 Å². The van der Waals surface area contributed by atoms with Gasteiger partial charge in [-0.2, -0.15) is 0 Å². The molecule has 2 atom stereocenters. The molecule has 0 N–H and O–H groups in total. The molecule has 6 aromatic rings. The third kappa shape index (κ3) is 10.8. The van der Waals surface area contributed by atoms with Gasteiger partial charge in [-0.15, -0.1) is 0 Å². The Labute approximate surface area is 448 Å². The summed E-state index contributed by atoms with van der Waals surface area (Å²) in [5, 5.41) is 0. The van der Waals surface area contributed by atoms with Gasteiger partial charge in [0.15, 0.2) is 0 Å². The summed E-state index contributed by atoms with van der Waals surface area (Å²) in [6.07, 6.45) is 11.5. The molecule has 0 amide bonds. The zero-order chi connectivity index (χ0) is 53.5. The van der Waals surface area contributed by atoms with Gasteiger partial charge in [0, 0.05) is 39.5 Å². The number of anilines is 6. The summed E-state index contributed by atoms with van der Waals surface area (Å²) in [5.41, 5.74) is 10.4. The fourth-order valence-corrected chi connectivity index (χ4v) is 11.8. The highest BCUT2D eigenvalue weighted by molar-refractivity contribution is 6.62. The first-order chi connectivity index (χ1) is 35.7. The molecule has 1 aliphatic carbocycles. The zero-order valence-corrected chi connectivity index (χ0v) is 46.9. The molecule has 2 saturated heterocycles. The van der Waals surface area contributed by atoms with Gasteiger partial charge in [-0.25, -0.2) is 8.78 Å². The first kappa shape index (κ1) is 54.5. The predicted molar refractivity (Wildman–Crippen MR) is 309 cm³/mol. The number of halogens is 2. The van der Waals surface area contributed by atoms with Crippen LogP contribution in [0, 0.1) is 23.5 Å². The Morgan fingerprint density at radius 1 is 0.413 bits per heavy atom. The smallest absolute Gasteiger partial charge is 0.399 e. The molecule has 0 spiro atoms. The van der Waals surface area contributed by atoms with E-state index in [4.69, 9.17) is 18.6 Å². The Hall–Kier alpha value is -5.25. The molecule has 394 valence electrons. The van der Waals surface area contributed by atoms with Crippen molar-refractivity contribution in [2.75, 3.05) is 9.80 Å². The second-order valence-electron chi connectivity index (χ2n) is 23.8. The van der Waals surface area contributed by atoms with E-state index in [-0.39, 0.29) is 17.0 Å². The number of fused-ring (bicyclic) bond motifs is 3. The van der Waals surface area contributed by atoms with Crippen molar-refractivity contribution in [2.45, 2.75) is 175 Å². The monoisotopic (exact) mass is 1010 g/mol. The van der Waals surface area contributed by atoms with Crippen LogP contribution in [0.5, 0.6) is 0 Å². The topological polar surface area (TPSA) is 43.4 Å². The first-order valence-corrected chi connectivity index (χ1v) is 28.1. The Kier molecular flexibility index (Phi) is 15.7. The van der Waals surface area contributed by atoms with Gasteiger partial charge in [0.1, 0.15) is 11.6 Å². The molecule has 0 aromatic heterocycles. The Morgan fingerprint density at radius 3 is 1.00 bits per heavy atom. The lowest BCUT2D eigenvalue weighted by atomic mass is 9.65. The van der Waals surface area contributed by atoms with Crippen LogP contribution in [-0.2, 0) is 24.0 Å². The van der Waals surface area contributed by atoms with E-state index in [2.05, 4.69) is 178 Å². The van der Waals surface area contributed by atoms with E-state index in [1.165, 1.54) is 85.0 Å². The van der Waals surface area contributed by atoms with Gasteiger partial charge in [0.2, 0.25) is 0 Å². The largest absolute Gasteiger partial charge is 0.494 e. The highest BCUT2D eigenvalue weighted by Gasteiger charge is 2.53. The average molecular weight is 1010 g/mol. The maximum Gasteiger partial charge on any atom is 0.494 e. The van der Waals surface area contributed by atoms with Crippen molar-refractivity contribution in [3.63, 3.8) is 0 Å². The molecule has 0 radical (unpaired) electrons. The van der Waals surface area contributed by atoms with Gasteiger partial charge < -0.3 is 28.4 Å². The quantitative estimate of drug-likeness (QED) is 0.0710. The van der Waals surface area contributed by atoms with Crippen molar-refractivity contribution in [3.8, 4) is 11.1 Å². The Balaban J connectivity index is 1.22. The predicted octanol–water partition coefficient (Wildman–Crippen LogP) is 17.0. The second kappa shape index (κ2) is 21.6. The fourth-order valence-electron chi connectivity index (χ4n) is 11.8. The second-order valence-corrected chi connectivity index (χ2v) is 23.8. The third-order valence-electron chi connectivity index (χ3n) is 17.7. The van der Waals surface area contributed by atoms with Crippen LogP contribution in [0.3, 0.4) is 0 Å². The number of unbranched alkanes of at least 4 members (excludes halogenated alkanes) is 2. The highest BCUT2D eigenvalue weighted by Crippen LogP contribution is 2.58. The van der Waals surface area contributed by atoms with Gasteiger partial charge in [-0.1, -0.05) is 115 Å². The lowest BCUT2D eigenvalue weighted by Crippen LogP contribution is -2.41. The molecular weight excluding hydrogens is 932 g/mol. The molecule has 75 heavy (non-hydrogen) atoms. The minimum absolute atomic E-state index is 0.235. The molecule has 0 saturated carbocycles. The number of rotatable bonds is 20. The van der Waals surface area contributed by atoms with E-state index in [9.17, 15) is 8.78 Å². The van der Waals surface area contributed by atoms with Gasteiger partial charge in [-0.3, -0.25) is 0 Å². The molecule has 2 unspecified atom stereocenters. The number of hydrogen-bond acceptors (Lipinski definition) is 6. The molecular formula is C65H80B2F2N2O4. The summed E-state index contributed by atoms with van der Waals surface area (Å²) in [4.78, 5) is 4.46. The maximum atomic E-state index is 14.8. The third-order valence-corrected chi connectivity index (χ3v) is 17.7. The van der Waals surface area contributed by atoms with Gasteiger partial charge in [-0.05, 0) is 210 Å². The number of nitrogens with zero attached hydrogens (tertiary/aromatic N) is 2. The summed E-state index contributed by atoms with van der Waals surface area (Å²) in [6, 6.07) is 44.6. The summed E-state index contributed by atoms with van der Waals surface area (Å²) >= 11 is 0. The average Bonchev–Trinajstić information content (AvgIpc) is 3.89. The SMILES string of the molecule is CCCCC(CC)CC1(CC(CC)CCCC)c2ccc(N(c3ccc(F)cc3)c3ccc(B4OC(C)(C)C(C)(C)O4)cc3)cc2-c2cc(N(c3ccc(F)cc3)c3ccc(B4OC(C)(C)C(C)(C)O4)cc3)ccc21. The standard InChI is InChI=1S/C65H80B2F2N2O4/c1-13-17-19-45(15-3)43-65(44-46(16-4)20-18-14-2)59-39-37-55(70(53-33-25-49(68)26-34-53)51-29-21-47(22-30-51)66-72-61(5,6)62(7,8)73-66)41-57(59)58-42-56(38-40-60(58)65)71(54-35-27-50(69)28-36-54)52-31-23-48(24-32-52)67-74-63(9,10)64(11,12)75-67/h21-42,45-46H,13-20,43-44H2,1-12H3. The molecule has 3 aliphatic rings. The zero-order valence-electron chi connectivity index (χ0n) is 46.9. The summed E-state index contributed by atoms with van der Waals surface area (Å²) < 4.78 is 55.5. The van der Waals surface area contributed by atoms with Crippen LogP contribution in [0.25, 0.3) is 11.1 Å². The molecule has 2 heterocycles. The molecule has 2 aliphatic heterocycles. The van der Waals surface area contributed by atoms with Crippen LogP contribution in [0.15, 0.2) is 133 Å². The van der Waals surface area contributed by atoms with Crippen LogP contribution >= 0.6 is 0 Å². The van der Waals surface area contributed by atoms with Crippen LogP contribution in [0.2, 0.25) is 0 Å². The van der Waals surface area contributed by atoms with Crippen molar-refractivity contribution >= 4 is 59.3 Å². The van der Waals surface area contributed by atoms with E-state index in [1.54, 1.807) is 0 Å². The van der Waals surface area contributed by atoms with Crippen molar-refractivity contribution in [1.29, 1.82) is 0 Å². The number of benzene rings is 6.